The highest BCUT2D eigenvalue weighted by Gasteiger charge is 2.14. The summed E-state index contributed by atoms with van der Waals surface area (Å²) >= 11 is 16.1. The van der Waals surface area contributed by atoms with Gasteiger partial charge in [0.2, 0.25) is 0 Å². The zero-order chi connectivity index (χ0) is 21.7. The normalized spacial score (nSPS) is 10.4. The molecular weight excluding hydrogens is 448 g/mol. The van der Waals surface area contributed by atoms with Crippen LogP contribution < -0.4 is 14.9 Å². The molecule has 0 fully saturated rings. The minimum absolute atomic E-state index is 0.0575. The van der Waals surface area contributed by atoms with E-state index in [2.05, 4.69) is 23.4 Å². The highest BCUT2D eigenvalue weighted by Crippen LogP contribution is 2.22. The van der Waals surface area contributed by atoms with Gasteiger partial charge in [0.1, 0.15) is 5.82 Å². The number of nitrogens with zero attached hydrogens (tertiary/aromatic N) is 1. The van der Waals surface area contributed by atoms with E-state index in [1.54, 1.807) is 48.5 Å². The van der Waals surface area contributed by atoms with E-state index >= 15 is 0 Å². The molecular formula is C21H16Cl2FN3O2S. The molecule has 0 heterocycles. The van der Waals surface area contributed by atoms with Crippen molar-refractivity contribution < 1.29 is 14.0 Å². The van der Waals surface area contributed by atoms with Gasteiger partial charge in [0.25, 0.3) is 5.91 Å². The van der Waals surface area contributed by atoms with Gasteiger partial charge in [0, 0.05) is 22.3 Å². The number of amides is 3. The van der Waals surface area contributed by atoms with Crippen LogP contribution in [0, 0.1) is 5.82 Å². The fraction of sp³-hybridized carbons (Fsp3) is 0.0476. The van der Waals surface area contributed by atoms with Gasteiger partial charge in [-0.2, -0.15) is 0 Å². The molecule has 0 aromatic heterocycles. The van der Waals surface area contributed by atoms with Crippen molar-refractivity contribution in [3.8, 4) is 0 Å². The Bertz CT molecular complexity index is 1060. The average Bonchev–Trinajstić information content (AvgIpc) is 2.71. The molecule has 0 unspecified atom stereocenters. The summed E-state index contributed by atoms with van der Waals surface area (Å²) in [4.78, 5) is 24.5. The van der Waals surface area contributed by atoms with Gasteiger partial charge in [-0.3, -0.25) is 4.79 Å². The van der Waals surface area contributed by atoms with Crippen molar-refractivity contribution >= 4 is 59.3 Å². The third kappa shape index (κ3) is 5.66. The molecule has 9 heteroatoms. The summed E-state index contributed by atoms with van der Waals surface area (Å²) in [7, 11) is 0. The van der Waals surface area contributed by atoms with Crippen molar-refractivity contribution in [2.75, 3.05) is 9.62 Å². The molecule has 0 spiro atoms. The highest BCUT2D eigenvalue weighted by atomic mass is 35.5. The number of carbonyl (C=O) groups is 2. The second kappa shape index (κ2) is 9.84. The van der Waals surface area contributed by atoms with Crippen LogP contribution in [0.4, 0.5) is 20.6 Å². The van der Waals surface area contributed by atoms with E-state index in [-0.39, 0.29) is 12.1 Å². The molecule has 0 bridgehead atoms. The van der Waals surface area contributed by atoms with Crippen LogP contribution in [0.2, 0.25) is 10.0 Å². The Kier molecular flexibility index (Phi) is 7.20. The summed E-state index contributed by atoms with van der Waals surface area (Å²) in [5.74, 6) is -1.17. The Morgan fingerprint density at radius 3 is 2.23 bits per heavy atom. The first-order chi connectivity index (χ1) is 14.3. The number of halogens is 3. The standard InChI is InChI=1S/C21H16Cl2FN3O2S/c22-14-9-13(10-15(23)11-14)12-25-21(29)27(30)17-7-5-16(6-8-17)26-20(28)18-3-1-2-4-19(18)24/h1-11,30H,12H2,(H,25,29)(H,26,28). The van der Waals surface area contributed by atoms with Crippen molar-refractivity contribution in [2.45, 2.75) is 6.54 Å². The minimum Gasteiger partial charge on any atom is -0.333 e. The van der Waals surface area contributed by atoms with Crippen LogP contribution in [0.15, 0.2) is 66.7 Å². The van der Waals surface area contributed by atoms with Gasteiger partial charge in [0.05, 0.1) is 11.3 Å². The zero-order valence-electron chi connectivity index (χ0n) is 15.4. The van der Waals surface area contributed by atoms with Gasteiger partial charge in [-0.15, -0.1) is 0 Å². The topological polar surface area (TPSA) is 61.4 Å². The van der Waals surface area contributed by atoms with Gasteiger partial charge >= 0.3 is 6.03 Å². The summed E-state index contributed by atoms with van der Waals surface area (Å²) in [6.45, 7) is 0.215. The molecule has 3 rings (SSSR count). The number of hydrogen-bond donors (Lipinski definition) is 3. The largest absolute Gasteiger partial charge is 0.333 e. The second-order valence-electron chi connectivity index (χ2n) is 6.23. The van der Waals surface area contributed by atoms with Gasteiger partial charge in [-0.05, 0) is 60.2 Å². The molecule has 5 nitrogen and oxygen atoms in total. The number of rotatable bonds is 5. The fourth-order valence-electron chi connectivity index (χ4n) is 2.61. The van der Waals surface area contributed by atoms with Crippen LogP contribution >= 0.6 is 36.0 Å². The van der Waals surface area contributed by atoms with E-state index in [1.807, 2.05) is 0 Å². The van der Waals surface area contributed by atoms with Crippen molar-refractivity contribution in [3.63, 3.8) is 0 Å². The first-order valence-corrected chi connectivity index (χ1v) is 9.87. The summed E-state index contributed by atoms with van der Waals surface area (Å²) in [6.07, 6.45) is 0. The van der Waals surface area contributed by atoms with E-state index in [0.29, 0.717) is 21.4 Å². The molecule has 0 aliphatic heterocycles. The Labute approximate surface area is 188 Å². The molecule has 0 saturated carbocycles. The van der Waals surface area contributed by atoms with E-state index in [4.69, 9.17) is 23.2 Å². The van der Waals surface area contributed by atoms with Crippen molar-refractivity contribution in [2.24, 2.45) is 0 Å². The van der Waals surface area contributed by atoms with Crippen LogP contribution in [-0.4, -0.2) is 11.9 Å². The van der Waals surface area contributed by atoms with Crippen molar-refractivity contribution in [3.05, 3.63) is 93.7 Å². The first kappa shape index (κ1) is 22.0. The van der Waals surface area contributed by atoms with Gasteiger partial charge in [0.15, 0.2) is 0 Å². The molecule has 0 radical (unpaired) electrons. The van der Waals surface area contributed by atoms with Gasteiger partial charge < -0.3 is 10.6 Å². The lowest BCUT2D eigenvalue weighted by atomic mass is 10.2. The number of benzene rings is 3. The van der Waals surface area contributed by atoms with E-state index in [9.17, 15) is 14.0 Å². The van der Waals surface area contributed by atoms with E-state index < -0.39 is 17.8 Å². The van der Waals surface area contributed by atoms with Crippen LogP contribution in [-0.2, 0) is 6.54 Å². The molecule has 3 aromatic carbocycles. The Morgan fingerprint density at radius 1 is 0.967 bits per heavy atom. The van der Waals surface area contributed by atoms with Crippen LogP contribution in [0.1, 0.15) is 15.9 Å². The first-order valence-electron chi connectivity index (χ1n) is 8.71. The smallest absolute Gasteiger partial charge is 0.332 e. The summed E-state index contributed by atoms with van der Waals surface area (Å²) < 4.78 is 14.8. The molecule has 154 valence electrons. The summed E-state index contributed by atoms with van der Waals surface area (Å²) in [6, 6.07) is 16.6. The predicted octanol–water partition coefficient (Wildman–Crippen LogP) is 5.95. The molecule has 2 N–H and O–H groups in total. The quantitative estimate of drug-likeness (QED) is 0.409. The number of carbonyl (C=O) groups excluding carboxylic acids is 2. The van der Waals surface area contributed by atoms with Crippen LogP contribution in [0.25, 0.3) is 0 Å². The molecule has 3 aromatic rings. The summed E-state index contributed by atoms with van der Waals surface area (Å²) in [5, 5.41) is 6.26. The molecule has 0 aliphatic carbocycles. The molecule has 0 atom stereocenters. The maximum Gasteiger partial charge on any atom is 0.332 e. The molecule has 0 saturated heterocycles. The lowest BCUT2D eigenvalue weighted by Crippen LogP contribution is -2.33. The number of anilines is 2. The van der Waals surface area contributed by atoms with Crippen molar-refractivity contribution in [1.29, 1.82) is 0 Å². The molecule has 3 amide bonds. The monoisotopic (exact) mass is 463 g/mol. The predicted molar refractivity (Wildman–Crippen MR) is 121 cm³/mol. The van der Waals surface area contributed by atoms with E-state index in [1.165, 1.54) is 18.2 Å². The second-order valence-corrected chi connectivity index (χ2v) is 7.50. The Balaban J connectivity index is 1.60. The molecule has 0 aliphatic rings. The Morgan fingerprint density at radius 2 is 1.60 bits per heavy atom. The lowest BCUT2D eigenvalue weighted by Gasteiger charge is -2.17. The Hall–Kier alpha value is -2.74. The lowest BCUT2D eigenvalue weighted by molar-refractivity contribution is 0.102. The number of nitrogens with one attached hydrogen (secondary N) is 2. The highest BCUT2D eigenvalue weighted by molar-refractivity contribution is 7.82. The third-order valence-corrected chi connectivity index (χ3v) is 4.90. The third-order valence-electron chi connectivity index (χ3n) is 4.05. The molecule has 30 heavy (non-hydrogen) atoms. The number of hydrogen-bond acceptors (Lipinski definition) is 3. The maximum absolute atomic E-state index is 13.7. The fourth-order valence-corrected chi connectivity index (χ4v) is 3.39. The SMILES string of the molecule is O=C(Nc1ccc(N(S)C(=O)NCc2cc(Cl)cc(Cl)c2)cc1)c1ccccc1F. The number of thiol groups is 1. The van der Waals surface area contributed by atoms with Gasteiger partial charge in [-0.25, -0.2) is 13.5 Å². The maximum atomic E-state index is 13.7. The van der Waals surface area contributed by atoms with Crippen LogP contribution in [0.5, 0.6) is 0 Å². The van der Waals surface area contributed by atoms with E-state index in [0.717, 1.165) is 9.87 Å². The number of urea groups is 1. The zero-order valence-corrected chi connectivity index (χ0v) is 17.8. The van der Waals surface area contributed by atoms with Crippen molar-refractivity contribution in [1.82, 2.24) is 5.32 Å². The average molecular weight is 464 g/mol. The van der Waals surface area contributed by atoms with Gasteiger partial charge in [-0.1, -0.05) is 48.1 Å². The van der Waals surface area contributed by atoms with Crippen LogP contribution in [0.3, 0.4) is 0 Å². The summed E-state index contributed by atoms with van der Waals surface area (Å²) in [5.41, 5.74) is 1.61. The minimum atomic E-state index is -0.606.